The summed E-state index contributed by atoms with van der Waals surface area (Å²) in [5, 5.41) is 43.9. The molecule has 0 atom stereocenters. The van der Waals surface area contributed by atoms with Gasteiger partial charge in [-0.1, -0.05) is 0 Å². The van der Waals surface area contributed by atoms with Crippen molar-refractivity contribution in [1.82, 2.24) is 0 Å². The van der Waals surface area contributed by atoms with Gasteiger partial charge < -0.3 is 39.6 Å². The van der Waals surface area contributed by atoms with Gasteiger partial charge in [0, 0.05) is 34.1 Å². The van der Waals surface area contributed by atoms with Gasteiger partial charge in [0.25, 0.3) is 0 Å². The van der Waals surface area contributed by atoms with Crippen molar-refractivity contribution in [3.05, 3.63) is 58.7 Å². The standard InChI is InChI=1S/C16H10O8.2Cu/c17-13(18)9-1-7(2-10(5-9)14(19)20)8-3-11(15(21)22)6-12(4-8)16(23)24;;/h1-6H,(H,17,18)(H,19,20)(H,21,22)(H,23,24);;/p-4. The molecule has 0 spiro atoms. The zero-order chi connectivity index (χ0) is 18.0. The van der Waals surface area contributed by atoms with Crippen LogP contribution in [0, 0.1) is 0 Å². The molecule has 0 fully saturated rings. The topological polar surface area (TPSA) is 161 Å². The molecule has 0 amide bonds. The van der Waals surface area contributed by atoms with Crippen LogP contribution in [0.1, 0.15) is 41.4 Å². The number of carboxylic acids is 4. The van der Waals surface area contributed by atoms with E-state index < -0.39 is 46.1 Å². The number of carbonyl (C=O) groups excluding carboxylic acids is 4. The van der Waals surface area contributed by atoms with Crippen molar-refractivity contribution in [3.63, 3.8) is 0 Å². The molecule has 0 aromatic heterocycles. The van der Waals surface area contributed by atoms with Crippen LogP contribution >= 0.6 is 0 Å². The van der Waals surface area contributed by atoms with E-state index in [9.17, 15) is 39.6 Å². The fraction of sp³-hybridized carbons (Fsp3) is 0. The molecule has 2 rings (SSSR count). The molecule has 0 saturated heterocycles. The van der Waals surface area contributed by atoms with Crippen molar-refractivity contribution in [3.8, 4) is 11.1 Å². The molecule has 0 heterocycles. The summed E-state index contributed by atoms with van der Waals surface area (Å²) in [6, 6.07) is 5.64. The monoisotopic (exact) mass is 452 g/mol. The number of carboxylic acid groups (broad SMARTS) is 4. The molecule has 0 N–H and O–H groups in total. The van der Waals surface area contributed by atoms with Crippen molar-refractivity contribution in [2.45, 2.75) is 0 Å². The average molecular weight is 453 g/mol. The Kier molecular flexibility index (Phi) is 8.24. The summed E-state index contributed by atoms with van der Waals surface area (Å²) in [4.78, 5) is 43.9. The first-order valence-electron chi connectivity index (χ1n) is 6.35. The Balaban J connectivity index is 0.00000312. The van der Waals surface area contributed by atoms with Gasteiger partial charge in [-0.25, -0.2) is 0 Å². The van der Waals surface area contributed by atoms with Gasteiger partial charge in [0.15, 0.2) is 0 Å². The van der Waals surface area contributed by atoms with E-state index in [1.807, 2.05) is 0 Å². The third-order valence-electron chi connectivity index (χ3n) is 3.14. The van der Waals surface area contributed by atoms with Crippen LogP contribution in [-0.2, 0) is 34.1 Å². The summed E-state index contributed by atoms with van der Waals surface area (Å²) in [5.41, 5.74) is -2.11. The fourth-order valence-corrected chi connectivity index (χ4v) is 2.06. The van der Waals surface area contributed by atoms with Crippen molar-refractivity contribution in [2.75, 3.05) is 0 Å². The smallest absolute Gasteiger partial charge is 0.0715 e. The van der Waals surface area contributed by atoms with Crippen LogP contribution in [0.15, 0.2) is 36.4 Å². The van der Waals surface area contributed by atoms with Gasteiger partial charge in [-0.15, -0.1) is 0 Å². The third-order valence-corrected chi connectivity index (χ3v) is 3.14. The normalized spacial score (nSPS) is 9.38. The molecule has 0 aliphatic carbocycles. The van der Waals surface area contributed by atoms with Crippen LogP contribution in [0.25, 0.3) is 11.1 Å². The van der Waals surface area contributed by atoms with Crippen LogP contribution < -0.4 is 20.4 Å². The van der Waals surface area contributed by atoms with Gasteiger partial charge in [-0.2, -0.15) is 0 Å². The first kappa shape index (κ1) is 23.4. The van der Waals surface area contributed by atoms with Crippen molar-refractivity contribution in [2.24, 2.45) is 0 Å². The van der Waals surface area contributed by atoms with Crippen molar-refractivity contribution < 1.29 is 73.7 Å². The molecular formula is C16H6Cu2O8-4. The Morgan fingerprint density at radius 3 is 0.808 bits per heavy atom. The Morgan fingerprint density at radius 2 is 0.654 bits per heavy atom. The SMILES string of the molecule is O=C([O-])c1cc(C(=O)[O-])cc(-c2cc(C(=O)[O-])cc(C(=O)[O-])c2)c1.[Cu].[Cu]. The zero-order valence-corrected chi connectivity index (χ0v) is 14.2. The maximum Gasteiger partial charge on any atom is 0.0715 e. The maximum absolute atomic E-state index is 11.0. The van der Waals surface area contributed by atoms with Crippen LogP contribution in [0.5, 0.6) is 0 Å². The van der Waals surface area contributed by atoms with E-state index >= 15 is 0 Å². The van der Waals surface area contributed by atoms with E-state index in [1.165, 1.54) is 0 Å². The molecule has 10 heteroatoms. The molecule has 2 aromatic rings. The van der Waals surface area contributed by atoms with Gasteiger partial charge in [-0.3, -0.25) is 0 Å². The van der Waals surface area contributed by atoms with E-state index in [2.05, 4.69) is 0 Å². The summed E-state index contributed by atoms with van der Waals surface area (Å²) in [5.74, 6) is -6.68. The first-order chi connectivity index (χ1) is 11.2. The zero-order valence-electron chi connectivity index (χ0n) is 12.3. The number of benzene rings is 2. The minimum absolute atomic E-state index is 0. The minimum atomic E-state index is -1.67. The Hall–Kier alpha value is -2.64. The summed E-state index contributed by atoms with van der Waals surface area (Å²) in [6.07, 6.45) is 0. The Morgan fingerprint density at radius 1 is 0.462 bits per heavy atom. The maximum atomic E-state index is 11.0. The minimum Gasteiger partial charge on any atom is -0.545 e. The molecule has 26 heavy (non-hydrogen) atoms. The van der Waals surface area contributed by atoms with Crippen LogP contribution in [-0.4, -0.2) is 23.9 Å². The predicted octanol–water partition coefficient (Wildman–Crippen LogP) is -3.20. The molecule has 0 saturated carbocycles. The van der Waals surface area contributed by atoms with Crippen molar-refractivity contribution in [1.29, 1.82) is 0 Å². The molecule has 2 aromatic carbocycles. The number of hydrogen-bond acceptors (Lipinski definition) is 8. The van der Waals surface area contributed by atoms with E-state index in [-0.39, 0.29) is 45.3 Å². The van der Waals surface area contributed by atoms with Gasteiger partial charge in [0.2, 0.25) is 0 Å². The molecule has 144 valence electrons. The largest absolute Gasteiger partial charge is 0.545 e. The fourth-order valence-electron chi connectivity index (χ4n) is 2.06. The number of aromatic carboxylic acids is 4. The molecule has 0 aliphatic heterocycles. The molecule has 0 aliphatic rings. The van der Waals surface area contributed by atoms with Crippen LogP contribution in [0.3, 0.4) is 0 Å². The number of carbonyl (C=O) groups is 4. The van der Waals surface area contributed by atoms with E-state index in [1.54, 1.807) is 0 Å². The summed E-state index contributed by atoms with van der Waals surface area (Å²) >= 11 is 0. The van der Waals surface area contributed by atoms with Gasteiger partial charge in [-0.05, 0) is 69.8 Å². The second kappa shape index (κ2) is 9.17. The second-order valence-electron chi connectivity index (χ2n) is 4.75. The van der Waals surface area contributed by atoms with Gasteiger partial charge in [0.1, 0.15) is 0 Å². The van der Waals surface area contributed by atoms with Crippen LogP contribution in [0.2, 0.25) is 0 Å². The average Bonchev–Trinajstić information content (AvgIpc) is 2.53. The first-order valence-corrected chi connectivity index (χ1v) is 6.35. The molecular weight excluding hydrogens is 447 g/mol. The number of rotatable bonds is 5. The summed E-state index contributed by atoms with van der Waals surface area (Å²) < 4.78 is 0. The Bertz CT molecular complexity index is 754. The molecule has 8 nitrogen and oxygen atoms in total. The molecule has 0 bridgehead atoms. The summed E-state index contributed by atoms with van der Waals surface area (Å²) in [6.45, 7) is 0. The predicted molar refractivity (Wildman–Crippen MR) is 69.2 cm³/mol. The van der Waals surface area contributed by atoms with Gasteiger partial charge >= 0.3 is 0 Å². The quantitative estimate of drug-likeness (QED) is 0.428. The van der Waals surface area contributed by atoms with E-state index in [4.69, 9.17) is 0 Å². The third kappa shape index (κ3) is 5.18. The number of hydrogen-bond donors (Lipinski definition) is 0. The molecule has 0 unspecified atom stereocenters. The molecule has 2 radical (unpaired) electrons. The van der Waals surface area contributed by atoms with E-state index in [0.29, 0.717) is 0 Å². The van der Waals surface area contributed by atoms with Crippen LogP contribution in [0.4, 0.5) is 0 Å². The summed E-state index contributed by atoms with van der Waals surface area (Å²) in [7, 11) is 0. The second-order valence-corrected chi connectivity index (χ2v) is 4.75. The van der Waals surface area contributed by atoms with Crippen molar-refractivity contribution >= 4 is 23.9 Å². The Labute approximate surface area is 167 Å². The van der Waals surface area contributed by atoms with E-state index in [0.717, 1.165) is 36.4 Å². The van der Waals surface area contributed by atoms with Gasteiger partial charge in [0.05, 0.1) is 23.9 Å².